The van der Waals surface area contributed by atoms with Crippen LogP contribution in [0.2, 0.25) is 0 Å². The van der Waals surface area contributed by atoms with Crippen molar-refractivity contribution in [2.75, 3.05) is 13.2 Å². The van der Waals surface area contributed by atoms with E-state index in [-0.39, 0.29) is 18.5 Å². The molecular weight excluding hydrogens is 434 g/mol. The number of aliphatic hydroxyl groups is 1. The first-order valence-electron chi connectivity index (χ1n) is 12.4. The molecule has 2 atom stereocenters. The molecule has 1 aliphatic carbocycles. The van der Waals surface area contributed by atoms with Crippen LogP contribution in [0.5, 0.6) is 0 Å². The lowest BCUT2D eigenvalue weighted by Crippen LogP contribution is -2.55. The van der Waals surface area contributed by atoms with Gasteiger partial charge in [-0.3, -0.25) is 9.59 Å². The Morgan fingerprint density at radius 3 is 2.21 bits per heavy atom. The van der Waals surface area contributed by atoms with E-state index in [0.717, 1.165) is 37.7 Å². The Morgan fingerprint density at radius 1 is 1.09 bits per heavy atom. The average Bonchev–Trinajstić information content (AvgIpc) is 2.80. The molecule has 0 spiro atoms. The molecule has 1 saturated carbocycles. The highest BCUT2D eigenvalue weighted by Gasteiger charge is 2.36. The van der Waals surface area contributed by atoms with Crippen LogP contribution in [0.4, 0.5) is 4.79 Å². The Labute approximate surface area is 203 Å². The van der Waals surface area contributed by atoms with Crippen LogP contribution in [0.15, 0.2) is 24.3 Å². The molecule has 3 amide bonds. The zero-order chi connectivity index (χ0) is 25.3. The molecule has 1 aromatic rings. The quantitative estimate of drug-likeness (QED) is 0.507. The van der Waals surface area contributed by atoms with Crippen molar-refractivity contribution in [1.29, 1.82) is 0 Å². The van der Waals surface area contributed by atoms with Crippen molar-refractivity contribution in [2.45, 2.75) is 96.9 Å². The van der Waals surface area contributed by atoms with Crippen molar-refractivity contribution >= 4 is 17.9 Å². The molecule has 0 saturated heterocycles. The molecule has 0 bridgehead atoms. The SMILES string of the molecule is CCc1ccc(C(C(=O)NC2CCCCC2)N(CC)C(=O)C(CO)NC(=O)OC(C)(C)C)cc1. The van der Waals surface area contributed by atoms with Gasteiger partial charge in [-0.15, -0.1) is 0 Å². The first-order chi connectivity index (χ1) is 16.1. The van der Waals surface area contributed by atoms with Crippen LogP contribution in [0, 0.1) is 0 Å². The van der Waals surface area contributed by atoms with Crippen LogP contribution in [0.3, 0.4) is 0 Å². The first-order valence-corrected chi connectivity index (χ1v) is 12.4. The number of carbonyl (C=O) groups is 3. The number of nitrogens with zero attached hydrogens (tertiary/aromatic N) is 1. The van der Waals surface area contributed by atoms with Gasteiger partial charge in [0.2, 0.25) is 11.8 Å². The second-order valence-corrected chi connectivity index (χ2v) is 9.85. The summed E-state index contributed by atoms with van der Waals surface area (Å²) >= 11 is 0. The third-order valence-electron chi connectivity index (χ3n) is 6.01. The summed E-state index contributed by atoms with van der Waals surface area (Å²) in [6.45, 7) is 8.59. The summed E-state index contributed by atoms with van der Waals surface area (Å²) in [6.07, 6.45) is 5.23. The van der Waals surface area contributed by atoms with E-state index in [4.69, 9.17) is 4.74 Å². The number of carbonyl (C=O) groups excluding carboxylic acids is 3. The van der Waals surface area contributed by atoms with E-state index in [0.29, 0.717) is 5.56 Å². The number of rotatable bonds is 9. The first kappa shape index (κ1) is 27.6. The van der Waals surface area contributed by atoms with Crippen LogP contribution in [-0.4, -0.2) is 58.8 Å². The van der Waals surface area contributed by atoms with Crippen LogP contribution in [0.25, 0.3) is 0 Å². The number of aliphatic hydroxyl groups excluding tert-OH is 1. The van der Waals surface area contributed by atoms with Gasteiger partial charge in [-0.25, -0.2) is 4.79 Å². The van der Waals surface area contributed by atoms with Crippen molar-refractivity contribution in [3.05, 3.63) is 35.4 Å². The Bertz CT molecular complexity index is 813. The standard InChI is InChI=1S/C26H41N3O5/c1-6-18-13-15-19(16-14-18)22(23(31)27-20-11-9-8-10-12-20)29(7-2)24(32)21(17-30)28-25(33)34-26(3,4)5/h13-16,20-22,30H,6-12,17H2,1-5H3,(H,27,31)(H,28,33). The summed E-state index contributed by atoms with van der Waals surface area (Å²) < 4.78 is 5.24. The third-order valence-corrected chi connectivity index (χ3v) is 6.01. The molecule has 8 nitrogen and oxygen atoms in total. The van der Waals surface area contributed by atoms with Gasteiger partial charge in [0.05, 0.1) is 6.61 Å². The van der Waals surface area contributed by atoms with Gasteiger partial charge in [0.1, 0.15) is 17.7 Å². The predicted molar refractivity (Wildman–Crippen MR) is 131 cm³/mol. The van der Waals surface area contributed by atoms with Crippen molar-refractivity contribution in [3.63, 3.8) is 0 Å². The molecular formula is C26H41N3O5. The topological polar surface area (TPSA) is 108 Å². The van der Waals surface area contributed by atoms with Crippen molar-refractivity contribution in [2.24, 2.45) is 0 Å². The minimum absolute atomic E-state index is 0.0843. The largest absolute Gasteiger partial charge is 0.444 e. The number of aryl methyl sites for hydroxylation is 1. The van der Waals surface area contributed by atoms with Crippen LogP contribution < -0.4 is 10.6 Å². The number of amides is 3. The van der Waals surface area contributed by atoms with E-state index in [1.807, 2.05) is 24.3 Å². The molecule has 0 aliphatic heterocycles. The maximum Gasteiger partial charge on any atom is 0.408 e. The van der Waals surface area contributed by atoms with Gasteiger partial charge < -0.3 is 25.4 Å². The van der Waals surface area contributed by atoms with E-state index in [9.17, 15) is 19.5 Å². The third kappa shape index (κ3) is 8.01. The fourth-order valence-electron chi connectivity index (χ4n) is 4.24. The molecule has 34 heavy (non-hydrogen) atoms. The predicted octanol–water partition coefficient (Wildman–Crippen LogP) is 3.47. The minimum Gasteiger partial charge on any atom is -0.444 e. The number of hydrogen-bond donors (Lipinski definition) is 3. The minimum atomic E-state index is -1.23. The summed E-state index contributed by atoms with van der Waals surface area (Å²) in [5.41, 5.74) is 1.07. The molecule has 1 aliphatic rings. The molecule has 0 aromatic heterocycles. The Balaban J connectivity index is 2.31. The van der Waals surface area contributed by atoms with Gasteiger partial charge in [0.15, 0.2) is 0 Å². The van der Waals surface area contributed by atoms with Gasteiger partial charge in [0, 0.05) is 12.6 Å². The van der Waals surface area contributed by atoms with Gasteiger partial charge >= 0.3 is 6.09 Å². The molecule has 3 N–H and O–H groups in total. The molecule has 0 heterocycles. The highest BCUT2D eigenvalue weighted by molar-refractivity contribution is 5.92. The van der Waals surface area contributed by atoms with E-state index >= 15 is 0 Å². The fraction of sp³-hybridized carbons (Fsp3) is 0.654. The molecule has 2 rings (SSSR count). The molecule has 0 radical (unpaired) electrons. The highest BCUT2D eigenvalue weighted by atomic mass is 16.6. The van der Waals surface area contributed by atoms with E-state index in [1.54, 1.807) is 27.7 Å². The Kier molecular flexibility index (Phi) is 10.4. The van der Waals surface area contributed by atoms with Crippen molar-refractivity contribution in [1.82, 2.24) is 15.5 Å². The molecule has 190 valence electrons. The van der Waals surface area contributed by atoms with Gasteiger partial charge in [0.25, 0.3) is 0 Å². The van der Waals surface area contributed by atoms with Gasteiger partial charge in [-0.2, -0.15) is 0 Å². The Hall–Kier alpha value is -2.61. The summed E-state index contributed by atoms with van der Waals surface area (Å²) in [5.74, 6) is -0.792. The lowest BCUT2D eigenvalue weighted by atomic mass is 9.94. The van der Waals surface area contributed by atoms with E-state index in [1.165, 1.54) is 11.3 Å². The second-order valence-electron chi connectivity index (χ2n) is 9.85. The van der Waals surface area contributed by atoms with Crippen LogP contribution in [0.1, 0.15) is 83.9 Å². The van der Waals surface area contributed by atoms with Gasteiger partial charge in [-0.05, 0) is 58.1 Å². The smallest absolute Gasteiger partial charge is 0.408 e. The summed E-state index contributed by atoms with van der Waals surface area (Å²) in [7, 11) is 0. The van der Waals surface area contributed by atoms with Crippen molar-refractivity contribution in [3.8, 4) is 0 Å². The fourth-order valence-corrected chi connectivity index (χ4v) is 4.24. The maximum absolute atomic E-state index is 13.5. The van der Waals surface area contributed by atoms with Crippen LogP contribution >= 0.6 is 0 Å². The number of alkyl carbamates (subject to hydrolysis) is 1. The average molecular weight is 476 g/mol. The molecule has 1 fully saturated rings. The summed E-state index contributed by atoms with van der Waals surface area (Å²) in [6, 6.07) is 5.63. The Morgan fingerprint density at radius 2 is 1.71 bits per heavy atom. The van der Waals surface area contributed by atoms with Crippen molar-refractivity contribution < 1.29 is 24.2 Å². The number of likely N-dealkylation sites (N-methyl/N-ethyl adjacent to an activating group) is 1. The number of nitrogens with one attached hydrogen (secondary N) is 2. The molecule has 2 unspecified atom stereocenters. The van der Waals surface area contributed by atoms with Gasteiger partial charge in [-0.1, -0.05) is 50.5 Å². The second kappa shape index (κ2) is 12.7. The van der Waals surface area contributed by atoms with E-state index < -0.39 is 36.3 Å². The monoisotopic (exact) mass is 475 g/mol. The lowest BCUT2D eigenvalue weighted by molar-refractivity contribution is -0.143. The van der Waals surface area contributed by atoms with E-state index in [2.05, 4.69) is 17.6 Å². The number of ether oxygens (including phenoxy) is 1. The summed E-state index contributed by atoms with van der Waals surface area (Å²) in [4.78, 5) is 40.6. The number of benzene rings is 1. The summed E-state index contributed by atoms with van der Waals surface area (Å²) in [5, 5.41) is 15.5. The van der Waals surface area contributed by atoms with Crippen LogP contribution in [-0.2, 0) is 20.7 Å². The molecule has 1 aromatic carbocycles. The highest BCUT2D eigenvalue weighted by Crippen LogP contribution is 2.25. The zero-order valence-electron chi connectivity index (χ0n) is 21.2. The number of hydrogen-bond acceptors (Lipinski definition) is 5. The molecule has 8 heteroatoms. The normalized spacial score (nSPS) is 16.3. The lowest BCUT2D eigenvalue weighted by Gasteiger charge is -2.34. The maximum atomic E-state index is 13.5. The zero-order valence-corrected chi connectivity index (χ0v) is 21.2.